The van der Waals surface area contributed by atoms with Crippen molar-refractivity contribution in [3.63, 3.8) is 0 Å². The maximum Gasteiger partial charge on any atom is 0.244 e. The Morgan fingerprint density at radius 3 is 2.19 bits per heavy atom. The molecule has 3 rings (SSSR count). The zero-order chi connectivity index (χ0) is 14.9. The molecule has 0 aliphatic heterocycles. The number of nitrogens with two attached hydrogens (primary N) is 1. The van der Waals surface area contributed by atoms with E-state index in [1.165, 1.54) is 0 Å². The monoisotopic (exact) mass is 280 g/mol. The van der Waals surface area contributed by atoms with Crippen LogP contribution >= 0.6 is 0 Å². The van der Waals surface area contributed by atoms with Gasteiger partial charge < -0.3 is 11.1 Å². The summed E-state index contributed by atoms with van der Waals surface area (Å²) in [5, 5.41) is 2.92. The molecular weight excluding hydrogens is 260 g/mol. The van der Waals surface area contributed by atoms with Crippen LogP contribution in [0.15, 0.2) is 54.6 Å². The van der Waals surface area contributed by atoms with Crippen LogP contribution in [0.25, 0.3) is 11.1 Å². The molecule has 108 valence electrons. The number of anilines is 1. The van der Waals surface area contributed by atoms with Gasteiger partial charge in [-0.1, -0.05) is 42.5 Å². The van der Waals surface area contributed by atoms with Gasteiger partial charge in [0.1, 0.15) is 0 Å². The average Bonchev–Trinajstić information content (AvgIpc) is 3.34. The predicted octanol–water partition coefficient (Wildman–Crippen LogP) is 3.42. The van der Waals surface area contributed by atoms with Crippen LogP contribution < -0.4 is 11.1 Å². The van der Waals surface area contributed by atoms with Gasteiger partial charge in [-0.15, -0.1) is 0 Å². The van der Waals surface area contributed by atoms with Gasteiger partial charge in [-0.2, -0.15) is 0 Å². The highest BCUT2D eigenvalue weighted by atomic mass is 16.2. The summed E-state index contributed by atoms with van der Waals surface area (Å²) in [5.41, 5.74) is 8.44. The standard InChI is InChI=1S/C18H20N2O/c1-18(19,15-9-10-15)17(21)20-16-11-7-14(8-12-16)13-5-3-2-4-6-13/h2-8,11-12,15H,9-10,19H2,1H3,(H,20,21). The summed E-state index contributed by atoms with van der Waals surface area (Å²) >= 11 is 0. The summed E-state index contributed by atoms with van der Waals surface area (Å²) in [6, 6.07) is 18.0. The fraction of sp³-hybridized carbons (Fsp3) is 0.278. The second-order valence-electron chi connectivity index (χ2n) is 5.95. The molecule has 0 aromatic heterocycles. The molecule has 0 spiro atoms. The van der Waals surface area contributed by atoms with Crippen molar-refractivity contribution in [3.05, 3.63) is 54.6 Å². The smallest absolute Gasteiger partial charge is 0.244 e. The molecule has 3 heteroatoms. The first-order valence-corrected chi connectivity index (χ1v) is 7.33. The summed E-state index contributed by atoms with van der Waals surface area (Å²) in [5.74, 6) is 0.221. The Hall–Kier alpha value is -2.13. The van der Waals surface area contributed by atoms with E-state index in [2.05, 4.69) is 17.4 Å². The first kappa shape index (κ1) is 13.8. The second-order valence-corrected chi connectivity index (χ2v) is 5.95. The molecule has 0 bridgehead atoms. The SMILES string of the molecule is CC(N)(C(=O)Nc1ccc(-c2ccccc2)cc1)C1CC1. The number of hydrogen-bond acceptors (Lipinski definition) is 2. The van der Waals surface area contributed by atoms with Crippen LogP contribution in [0.4, 0.5) is 5.69 Å². The number of carbonyl (C=O) groups is 1. The molecule has 0 heterocycles. The molecule has 1 atom stereocenters. The van der Waals surface area contributed by atoms with E-state index in [-0.39, 0.29) is 5.91 Å². The molecule has 1 fully saturated rings. The Bertz CT molecular complexity index is 628. The molecule has 1 aliphatic carbocycles. The van der Waals surface area contributed by atoms with Crippen molar-refractivity contribution in [3.8, 4) is 11.1 Å². The predicted molar refractivity (Wildman–Crippen MR) is 85.8 cm³/mol. The fourth-order valence-corrected chi connectivity index (χ4v) is 2.51. The van der Waals surface area contributed by atoms with Crippen LogP contribution in [0.3, 0.4) is 0 Å². The van der Waals surface area contributed by atoms with Gasteiger partial charge >= 0.3 is 0 Å². The summed E-state index contributed by atoms with van der Waals surface area (Å²) < 4.78 is 0. The highest BCUT2D eigenvalue weighted by molar-refractivity contribution is 5.98. The molecule has 2 aromatic carbocycles. The Kier molecular flexibility index (Phi) is 3.52. The first-order valence-electron chi connectivity index (χ1n) is 7.33. The molecule has 2 aromatic rings. The fourth-order valence-electron chi connectivity index (χ4n) is 2.51. The molecule has 1 saturated carbocycles. The largest absolute Gasteiger partial charge is 0.324 e. The maximum absolute atomic E-state index is 12.2. The van der Waals surface area contributed by atoms with Crippen molar-refractivity contribution in [2.45, 2.75) is 25.3 Å². The number of carbonyl (C=O) groups excluding carboxylic acids is 1. The molecule has 0 radical (unpaired) electrons. The van der Waals surface area contributed by atoms with Gasteiger partial charge in [0.25, 0.3) is 0 Å². The van der Waals surface area contributed by atoms with E-state index >= 15 is 0 Å². The van der Waals surface area contributed by atoms with Crippen molar-refractivity contribution < 1.29 is 4.79 Å². The van der Waals surface area contributed by atoms with E-state index in [0.717, 1.165) is 29.7 Å². The minimum absolute atomic E-state index is 0.0996. The third-order valence-electron chi connectivity index (χ3n) is 4.16. The zero-order valence-electron chi connectivity index (χ0n) is 12.2. The van der Waals surface area contributed by atoms with Crippen molar-refractivity contribution in [1.29, 1.82) is 0 Å². The second kappa shape index (κ2) is 5.34. The van der Waals surface area contributed by atoms with Crippen molar-refractivity contribution in [1.82, 2.24) is 0 Å². The van der Waals surface area contributed by atoms with Crippen LogP contribution in [0, 0.1) is 5.92 Å². The van der Waals surface area contributed by atoms with Gasteiger partial charge in [-0.05, 0) is 48.9 Å². The topological polar surface area (TPSA) is 55.1 Å². The lowest BCUT2D eigenvalue weighted by Crippen LogP contribution is -2.50. The lowest BCUT2D eigenvalue weighted by Gasteiger charge is -2.23. The number of benzene rings is 2. The van der Waals surface area contributed by atoms with Crippen LogP contribution in [-0.4, -0.2) is 11.4 Å². The number of amides is 1. The lowest BCUT2D eigenvalue weighted by molar-refractivity contribution is -0.121. The molecular formula is C18H20N2O. The van der Waals surface area contributed by atoms with Crippen molar-refractivity contribution >= 4 is 11.6 Å². The third kappa shape index (κ3) is 2.98. The maximum atomic E-state index is 12.2. The highest BCUT2D eigenvalue weighted by Gasteiger charge is 2.44. The molecule has 21 heavy (non-hydrogen) atoms. The molecule has 3 N–H and O–H groups in total. The summed E-state index contributed by atoms with van der Waals surface area (Å²) in [6.45, 7) is 1.82. The zero-order valence-corrected chi connectivity index (χ0v) is 12.2. The number of nitrogens with one attached hydrogen (secondary N) is 1. The molecule has 1 aliphatic rings. The Labute approximate surface area is 125 Å². The minimum atomic E-state index is -0.766. The van der Waals surface area contributed by atoms with Crippen molar-refractivity contribution in [2.24, 2.45) is 11.7 Å². The summed E-state index contributed by atoms with van der Waals surface area (Å²) in [7, 11) is 0. The molecule has 3 nitrogen and oxygen atoms in total. The van der Waals surface area contributed by atoms with Gasteiger partial charge in [0, 0.05) is 5.69 Å². The van der Waals surface area contributed by atoms with Crippen LogP contribution in [0.2, 0.25) is 0 Å². The summed E-state index contributed by atoms with van der Waals surface area (Å²) in [4.78, 5) is 12.2. The average molecular weight is 280 g/mol. The van der Waals surface area contributed by atoms with Crippen LogP contribution in [0.5, 0.6) is 0 Å². The number of rotatable bonds is 4. The molecule has 1 unspecified atom stereocenters. The highest BCUT2D eigenvalue weighted by Crippen LogP contribution is 2.38. The Morgan fingerprint density at radius 1 is 1.05 bits per heavy atom. The molecule has 0 saturated heterocycles. The third-order valence-corrected chi connectivity index (χ3v) is 4.16. The Morgan fingerprint density at radius 2 is 1.62 bits per heavy atom. The normalized spacial score (nSPS) is 17.0. The van der Waals surface area contributed by atoms with E-state index < -0.39 is 5.54 Å². The van der Waals surface area contributed by atoms with Gasteiger partial charge in [-0.3, -0.25) is 4.79 Å². The van der Waals surface area contributed by atoms with E-state index in [1.807, 2.05) is 49.4 Å². The van der Waals surface area contributed by atoms with E-state index in [4.69, 9.17) is 5.73 Å². The molecule has 1 amide bonds. The van der Waals surface area contributed by atoms with Crippen LogP contribution in [-0.2, 0) is 4.79 Å². The quantitative estimate of drug-likeness (QED) is 0.901. The minimum Gasteiger partial charge on any atom is -0.324 e. The van der Waals surface area contributed by atoms with E-state index in [9.17, 15) is 4.79 Å². The Balaban J connectivity index is 1.71. The van der Waals surface area contributed by atoms with Crippen molar-refractivity contribution in [2.75, 3.05) is 5.32 Å². The first-order chi connectivity index (χ1) is 10.1. The van der Waals surface area contributed by atoms with E-state index in [1.54, 1.807) is 0 Å². The van der Waals surface area contributed by atoms with Gasteiger partial charge in [-0.25, -0.2) is 0 Å². The van der Waals surface area contributed by atoms with Gasteiger partial charge in [0.15, 0.2) is 0 Å². The number of hydrogen-bond donors (Lipinski definition) is 2. The van der Waals surface area contributed by atoms with Gasteiger partial charge in [0.05, 0.1) is 5.54 Å². The lowest BCUT2D eigenvalue weighted by atomic mass is 9.96. The van der Waals surface area contributed by atoms with Gasteiger partial charge in [0.2, 0.25) is 5.91 Å². The van der Waals surface area contributed by atoms with Crippen LogP contribution in [0.1, 0.15) is 19.8 Å². The summed E-state index contributed by atoms with van der Waals surface area (Å²) in [6.07, 6.45) is 2.10. The van der Waals surface area contributed by atoms with E-state index in [0.29, 0.717) is 5.92 Å².